The van der Waals surface area contributed by atoms with E-state index in [0.29, 0.717) is 5.82 Å². The lowest BCUT2D eigenvalue weighted by molar-refractivity contribution is -0.136. The topological polar surface area (TPSA) is 64.4 Å². The standard InChI is InChI=1S/C14H18N2O3/c1-3-4-7-16-12-6-5-10(19-2)8-11(12)15-13(16)9-14(17)18/h5-6,8H,3-4,7,9H2,1-2H3,(H,17,18). The van der Waals surface area contributed by atoms with Crippen LogP contribution in [0.3, 0.4) is 0 Å². The number of carboxylic acid groups (broad SMARTS) is 1. The Kier molecular flexibility index (Phi) is 4.04. The summed E-state index contributed by atoms with van der Waals surface area (Å²) in [6, 6.07) is 5.64. The number of ether oxygens (including phenoxy) is 1. The van der Waals surface area contributed by atoms with Gasteiger partial charge in [0.15, 0.2) is 0 Å². The van der Waals surface area contributed by atoms with Crippen LogP contribution in [0.4, 0.5) is 0 Å². The van der Waals surface area contributed by atoms with Gasteiger partial charge in [-0.3, -0.25) is 4.79 Å². The molecule has 0 aliphatic heterocycles. The number of imidazole rings is 1. The largest absolute Gasteiger partial charge is 0.497 e. The van der Waals surface area contributed by atoms with Crippen molar-refractivity contribution in [3.63, 3.8) is 0 Å². The molecule has 1 aromatic carbocycles. The summed E-state index contributed by atoms with van der Waals surface area (Å²) in [5.74, 6) is 0.471. The molecular formula is C14H18N2O3. The highest BCUT2D eigenvalue weighted by Gasteiger charge is 2.13. The number of carbonyl (C=O) groups is 1. The molecule has 102 valence electrons. The highest BCUT2D eigenvalue weighted by Crippen LogP contribution is 2.22. The molecule has 2 aromatic rings. The molecule has 0 bridgehead atoms. The van der Waals surface area contributed by atoms with Crippen LogP contribution in [-0.2, 0) is 17.8 Å². The first-order valence-electron chi connectivity index (χ1n) is 6.40. The Balaban J connectivity index is 2.48. The van der Waals surface area contributed by atoms with Crippen LogP contribution in [0.2, 0.25) is 0 Å². The van der Waals surface area contributed by atoms with E-state index in [1.165, 1.54) is 0 Å². The number of fused-ring (bicyclic) bond motifs is 1. The van der Waals surface area contributed by atoms with Crippen LogP contribution in [0.25, 0.3) is 11.0 Å². The van der Waals surface area contributed by atoms with Crippen molar-refractivity contribution in [2.24, 2.45) is 0 Å². The van der Waals surface area contributed by atoms with Gasteiger partial charge in [-0.25, -0.2) is 4.98 Å². The summed E-state index contributed by atoms with van der Waals surface area (Å²) in [6.45, 7) is 2.90. The summed E-state index contributed by atoms with van der Waals surface area (Å²) in [6.07, 6.45) is 2.01. The second kappa shape index (κ2) is 5.73. The summed E-state index contributed by atoms with van der Waals surface area (Å²) in [7, 11) is 1.60. The van der Waals surface area contributed by atoms with Gasteiger partial charge >= 0.3 is 5.97 Å². The first kappa shape index (κ1) is 13.4. The number of methoxy groups -OCH3 is 1. The molecule has 5 nitrogen and oxygen atoms in total. The molecule has 1 heterocycles. The number of carboxylic acids is 1. The Labute approximate surface area is 111 Å². The number of rotatable bonds is 6. The Bertz CT molecular complexity index is 590. The number of benzene rings is 1. The molecule has 0 atom stereocenters. The zero-order chi connectivity index (χ0) is 13.8. The lowest BCUT2D eigenvalue weighted by atomic mass is 10.3. The van der Waals surface area contributed by atoms with E-state index in [2.05, 4.69) is 11.9 Å². The molecule has 1 aromatic heterocycles. The summed E-state index contributed by atoms with van der Waals surface area (Å²) < 4.78 is 7.16. The third-order valence-corrected chi connectivity index (χ3v) is 3.08. The molecule has 0 spiro atoms. The number of hydrogen-bond acceptors (Lipinski definition) is 3. The normalized spacial score (nSPS) is 10.8. The molecule has 0 unspecified atom stereocenters. The summed E-state index contributed by atoms with van der Waals surface area (Å²) in [5.41, 5.74) is 1.75. The van der Waals surface area contributed by atoms with Gasteiger partial charge in [0.25, 0.3) is 0 Å². The van der Waals surface area contributed by atoms with Gasteiger partial charge in [-0.1, -0.05) is 13.3 Å². The predicted molar refractivity (Wildman–Crippen MR) is 72.5 cm³/mol. The molecule has 0 amide bonds. The lowest BCUT2D eigenvalue weighted by Crippen LogP contribution is -2.09. The fourth-order valence-electron chi connectivity index (χ4n) is 2.12. The van der Waals surface area contributed by atoms with Crippen molar-refractivity contribution in [2.75, 3.05) is 7.11 Å². The second-order valence-corrected chi connectivity index (χ2v) is 4.46. The van der Waals surface area contributed by atoms with Crippen LogP contribution in [0.15, 0.2) is 18.2 Å². The summed E-state index contributed by atoms with van der Waals surface area (Å²) >= 11 is 0. The van der Waals surface area contributed by atoms with Gasteiger partial charge < -0.3 is 14.4 Å². The fraction of sp³-hybridized carbons (Fsp3) is 0.429. The van der Waals surface area contributed by atoms with Gasteiger partial charge in [0.2, 0.25) is 0 Å². The molecule has 2 rings (SSSR count). The minimum atomic E-state index is -0.861. The van der Waals surface area contributed by atoms with Crippen LogP contribution in [-0.4, -0.2) is 27.7 Å². The molecule has 0 radical (unpaired) electrons. The van der Waals surface area contributed by atoms with Crippen molar-refractivity contribution in [3.05, 3.63) is 24.0 Å². The molecule has 0 aliphatic rings. The third kappa shape index (κ3) is 2.86. The maximum atomic E-state index is 10.9. The minimum absolute atomic E-state index is 0.0549. The molecule has 0 saturated carbocycles. The van der Waals surface area contributed by atoms with E-state index in [0.717, 1.165) is 36.2 Å². The van der Waals surface area contributed by atoms with Crippen LogP contribution in [0.1, 0.15) is 25.6 Å². The van der Waals surface area contributed by atoms with E-state index in [4.69, 9.17) is 9.84 Å². The van der Waals surface area contributed by atoms with Gasteiger partial charge in [-0.15, -0.1) is 0 Å². The first-order chi connectivity index (χ1) is 9.15. The maximum Gasteiger partial charge on any atom is 0.311 e. The molecule has 1 N–H and O–H groups in total. The van der Waals surface area contributed by atoms with E-state index < -0.39 is 5.97 Å². The van der Waals surface area contributed by atoms with Crippen LogP contribution in [0, 0.1) is 0 Å². The minimum Gasteiger partial charge on any atom is -0.497 e. The van der Waals surface area contributed by atoms with Crippen molar-refractivity contribution < 1.29 is 14.6 Å². The number of aliphatic carboxylic acids is 1. The van der Waals surface area contributed by atoms with Gasteiger partial charge in [0, 0.05) is 12.6 Å². The Morgan fingerprint density at radius 1 is 1.47 bits per heavy atom. The third-order valence-electron chi connectivity index (χ3n) is 3.08. The Morgan fingerprint density at radius 2 is 2.26 bits per heavy atom. The van der Waals surface area contributed by atoms with E-state index >= 15 is 0 Å². The number of aromatic nitrogens is 2. The van der Waals surface area contributed by atoms with Gasteiger partial charge in [-0.05, 0) is 18.6 Å². The SMILES string of the molecule is CCCCn1c(CC(=O)O)nc2cc(OC)ccc21. The molecule has 0 saturated heterocycles. The van der Waals surface area contributed by atoms with Gasteiger partial charge in [0.1, 0.15) is 18.0 Å². The van der Waals surface area contributed by atoms with Crippen LogP contribution >= 0.6 is 0 Å². The molecule has 0 aliphatic carbocycles. The quantitative estimate of drug-likeness (QED) is 0.868. The second-order valence-electron chi connectivity index (χ2n) is 4.46. The maximum absolute atomic E-state index is 10.9. The van der Waals surface area contributed by atoms with Crippen molar-refractivity contribution in [2.45, 2.75) is 32.7 Å². The monoisotopic (exact) mass is 262 g/mol. The van der Waals surface area contributed by atoms with E-state index in [9.17, 15) is 4.79 Å². The van der Waals surface area contributed by atoms with Crippen molar-refractivity contribution in [1.29, 1.82) is 0 Å². The average molecular weight is 262 g/mol. The number of nitrogens with zero attached hydrogens (tertiary/aromatic N) is 2. The summed E-state index contributed by atoms with van der Waals surface area (Å²) in [5, 5.41) is 8.96. The van der Waals surface area contributed by atoms with E-state index in [-0.39, 0.29) is 6.42 Å². The number of aryl methyl sites for hydroxylation is 1. The van der Waals surface area contributed by atoms with Crippen LogP contribution < -0.4 is 4.74 Å². The predicted octanol–water partition coefficient (Wildman–Crippen LogP) is 2.47. The molecule has 0 fully saturated rings. The van der Waals surface area contributed by atoms with Crippen molar-refractivity contribution in [1.82, 2.24) is 9.55 Å². The zero-order valence-electron chi connectivity index (χ0n) is 11.2. The number of unbranched alkanes of at least 4 members (excludes halogenated alkanes) is 1. The number of hydrogen-bond donors (Lipinski definition) is 1. The van der Waals surface area contributed by atoms with Crippen molar-refractivity contribution in [3.8, 4) is 5.75 Å². The molecule has 19 heavy (non-hydrogen) atoms. The zero-order valence-corrected chi connectivity index (χ0v) is 11.2. The smallest absolute Gasteiger partial charge is 0.311 e. The highest BCUT2D eigenvalue weighted by molar-refractivity contribution is 5.79. The average Bonchev–Trinajstić information content (AvgIpc) is 2.71. The fourth-order valence-corrected chi connectivity index (χ4v) is 2.12. The molecular weight excluding hydrogens is 244 g/mol. The van der Waals surface area contributed by atoms with E-state index in [1.807, 2.05) is 22.8 Å². The van der Waals surface area contributed by atoms with Crippen LogP contribution in [0.5, 0.6) is 5.75 Å². The Morgan fingerprint density at radius 3 is 2.89 bits per heavy atom. The lowest BCUT2D eigenvalue weighted by Gasteiger charge is -2.07. The van der Waals surface area contributed by atoms with Gasteiger partial charge in [0.05, 0.1) is 18.1 Å². The van der Waals surface area contributed by atoms with Gasteiger partial charge in [-0.2, -0.15) is 0 Å². The van der Waals surface area contributed by atoms with Crippen molar-refractivity contribution >= 4 is 17.0 Å². The highest BCUT2D eigenvalue weighted by atomic mass is 16.5. The first-order valence-corrected chi connectivity index (χ1v) is 6.40. The Hall–Kier alpha value is -2.04. The summed E-state index contributed by atoms with van der Waals surface area (Å²) in [4.78, 5) is 15.3. The molecule has 5 heteroatoms. The van der Waals surface area contributed by atoms with E-state index in [1.54, 1.807) is 7.11 Å².